The van der Waals surface area contributed by atoms with Gasteiger partial charge in [0.1, 0.15) is 0 Å². The third-order valence-electron chi connectivity index (χ3n) is 3.50. The highest BCUT2D eigenvalue weighted by atomic mass is 79.9. The van der Waals surface area contributed by atoms with E-state index in [4.69, 9.17) is 0 Å². The number of carbonyl (C=O) groups excluding carboxylic acids is 1. The van der Waals surface area contributed by atoms with Gasteiger partial charge in [-0.05, 0) is 32.1 Å². The van der Waals surface area contributed by atoms with Gasteiger partial charge in [0.05, 0.1) is 5.69 Å². The van der Waals surface area contributed by atoms with Crippen molar-refractivity contribution in [3.63, 3.8) is 0 Å². The van der Waals surface area contributed by atoms with E-state index in [1.165, 1.54) is 24.2 Å². The minimum Gasteiger partial charge on any atom is -0.306 e. The fourth-order valence-electron chi connectivity index (χ4n) is 2.10. The number of amides is 1. The first-order chi connectivity index (χ1) is 11.1. The summed E-state index contributed by atoms with van der Waals surface area (Å²) in [5.74, 6) is 0.0186. The number of thiazole rings is 1. The van der Waals surface area contributed by atoms with Crippen molar-refractivity contribution >= 4 is 38.3 Å². The molecule has 0 aliphatic rings. The first kappa shape index (κ1) is 18.1. The van der Waals surface area contributed by atoms with Crippen molar-refractivity contribution in [3.8, 4) is 11.3 Å². The zero-order valence-electron chi connectivity index (χ0n) is 13.5. The molecule has 1 N–H and O–H groups in total. The van der Waals surface area contributed by atoms with Crippen molar-refractivity contribution in [1.29, 1.82) is 0 Å². The van der Waals surface area contributed by atoms with Crippen LogP contribution in [0.5, 0.6) is 0 Å². The number of hydrogen-bond donors (Lipinski definition) is 1. The summed E-state index contributed by atoms with van der Waals surface area (Å²) in [6, 6.07) is 7.99. The van der Waals surface area contributed by atoms with Crippen LogP contribution in [0, 0.1) is 0 Å². The van der Waals surface area contributed by atoms with Crippen molar-refractivity contribution in [2.24, 2.45) is 0 Å². The Morgan fingerprint density at radius 3 is 2.74 bits per heavy atom. The lowest BCUT2D eigenvalue weighted by Crippen LogP contribution is -2.25. The lowest BCUT2D eigenvalue weighted by molar-refractivity contribution is -0.116. The van der Waals surface area contributed by atoms with Gasteiger partial charge in [-0.15, -0.1) is 11.3 Å². The zero-order chi connectivity index (χ0) is 16.7. The molecule has 0 spiro atoms. The van der Waals surface area contributed by atoms with Crippen LogP contribution in [0.3, 0.4) is 0 Å². The average molecular weight is 396 g/mol. The van der Waals surface area contributed by atoms with Gasteiger partial charge in [0.25, 0.3) is 0 Å². The Morgan fingerprint density at radius 1 is 1.30 bits per heavy atom. The van der Waals surface area contributed by atoms with Gasteiger partial charge in [0.15, 0.2) is 5.13 Å². The van der Waals surface area contributed by atoms with Gasteiger partial charge in [0.2, 0.25) is 5.91 Å². The predicted molar refractivity (Wildman–Crippen MR) is 101 cm³/mol. The van der Waals surface area contributed by atoms with Gasteiger partial charge in [-0.1, -0.05) is 41.4 Å². The van der Waals surface area contributed by atoms with Crippen LogP contribution < -0.4 is 5.32 Å². The molecule has 0 aliphatic carbocycles. The molecule has 0 saturated carbocycles. The van der Waals surface area contributed by atoms with Crippen molar-refractivity contribution in [2.75, 3.05) is 25.5 Å². The molecule has 0 bridgehead atoms. The topological polar surface area (TPSA) is 45.2 Å². The molecule has 6 heteroatoms. The molecule has 0 aliphatic heterocycles. The largest absolute Gasteiger partial charge is 0.306 e. The molecule has 1 heterocycles. The van der Waals surface area contributed by atoms with E-state index in [1.54, 1.807) is 0 Å². The molecule has 1 amide bonds. The van der Waals surface area contributed by atoms with Gasteiger partial charge in [0, 0.05) is 28.4 Å². The molecule has 0 radical (unpaired) electrons. The Bertz CT molecular complexity index is 627. The van der Waals surface area contributed by atoms with Crippen molar-refractivity contribution < 1.29 is 4.79 Å². The number of aromatic nitrogens is 1. The van der Waals surface area contributed by atoms with Crippen LogP contribution in [0.1, 0.15) is 26.2 Å². The standard InChI is InChI=1S/C17H22BrN3OS/c1-3-4-10-21(2)11-9-16(22)20-17-19-15(12-23-17)13-5-7-14(18)8-6-13/h5-8,12H,3-4,9-11H2,1-2H3,(H,19,20,22). The van der Waals surface area contributed by atoms with Crippen molar-refractivity contribution in [2.45, 2.75) is 26.2 Å². The van der Waals surface area contributed by atoms with E-state index in [9.17, 15) is 4.79 Å². The van der Waals surface area contributed by atoms with E-state index in [2.05, 4.69) is 45.1 Å². The summed E-state index contributed by atoms with van der Waals surface area (Å²) in [6.45, 7) is 3.98. The Kier molecular flexibility index (Phi) is 7.20. The molecular formula is C17H22BrN3OS. The van der Waals surface area contributed by atoms with E-state index in [1.807, 2.05) is 29.6 Å². The van der Waals surface area contributed by atoms with E-state index < -0.39 is 0 Å². The van der Waals surface area contributed by atoms with Crippen molar-refractivity contribution in [3.05, 3.63) is 34.1 Å². The number of nitrogens with one attached hydrogen (secondary N) is 1. The molecule has 0 saturated heterocycles. The minimum atomic E-state index is 0.0186. The molecule has 23 heavy (non-hydrogen) atoms. The number of carbonyl (C=O) groups is 1. The van der Waals surface area contributed by atoms with Gasteiger partial charge in [-0.2, -0.15) is 0 Å². The molecule has 2 aromatic rings. The maximum absolute atomic E-state index is 12.0. The third-order valence-corrected chi connectivity index (χ3v) is 4.79. The Labute approximate surface area is 150 Å². The first-order valence-electron chi connectivity index (χ1n) is 7.78. The van der Waals surface area contributed by atoms with Crippen LogP contribution in [0.4, 0.5) is 5.13 Å². The Balaban J connectivity index is 1.84. The van der Waals surface area contributed by atoms with Crippen LogP contribution in [0.2, 0.25) is 0 Å². The molecule has 0 unspecified atom stereocenters. The van der Waals surface area contributed by atoms with Crippen LogP contribution >= 0.6 is 27.3 Å². The van der Waals surface area contributed by atoms with Crippen LogP contribution in [0.25, 0.3) is 11.3 Å². The number of unbranched alkanes of at least 4 members (excludes halogenated alkanes) is 1. The van der Waals surface area contributed by atoms with Crippen LogP contribution in [-0.4, -0.2) is 35.9 Å². The SMILES string of the molecule is CCCCN(C)CCC(=O)Nc1nc(-c2ccc(Br)cc2)cs1. The molecule has 4 nitrogen and oxygen atoms in total. The quantitative estimate of drug-likeness (QED) is 0.708. The number of hydrogen-bond acceptors (Lipinski definition) is 4. The van der Waals surface area contributed by atoms with Gasteiger partial charge in [-0.3, -0.25) is 4.79 Å². The normalized spacial score (nSPS) is 11.0. The molecule has 1 aromatic carbocycles. The summed E-state index contributed by atoms with van der Waals surface area (Å²) < 4.78 is 1.04. The summed E-state index contributed by atoms with van der Waals surface area (Å²) >= 11 is 4.88. The second-order valence-electron chi connectivity index (χ2n) is 5.50. The smallest absolute Gasteiger partial charge is 0.227 e. The van der Waals surface area contributed by atoms with E-state index in [-0.39, 0.29) is 5.91 Å². The highest BCUT2D eigenvalue weighted by molar-refractivity contribution is 9.10. The molecule has 0 fully saturated rings. The maximum atomic E-state index is 12.0. The Hall–Kier alpha value is -1.24. The first-order valence-corrected chi connectivity index (χ1v) is 9.45. The number of benzene rings is 1. The van der Waals surface area contributed by atoms with Gasteiger partial charge >= 0.3 is 0 Å². The molecule has 0 atom stereocenters. The molecule has 2 rings (SSSR count). The number of anilines is 1. The summed E-state index contributed by atoms with van der Waals surface area (Å²) in [5, 5.41) is 5.51. The number of rotatable bonds is 8. The predicted octanol–water partition coefficient (Wildman–Crippen LogP) is 4.63. The summed E-state index contributed by atoms with van der Waals surface area (Å²) in [7, 11) is 2.05. The number of nitrogens with zero attached hydrogens (tertiary/aromatic N) is 2. The molecular weight excluding hydrogens is 374 g/mol. The van der Waals surface area contributed by atoms with Crippen LogP contribution in [0.15, 0.2) is 34.1 Å². The van der Waals surface area contributed by atoms with E-state index in [0.29, 0.717) is 11.6 Å². The van der Waals surface area contributed by atoms with Crippen molar-refractivity contribution in [1.82, 2.24) is 9.88 Å². The monoisotopic (exact) mass is 395 g/mol. The summed E-state index contributed by atoms with van der Waals surface area (Å²) in [6.07, 6.45) is 2.84. The lowest BCUT2D eigenvalue weighted by atomic mass is 10.2. The fourth-order valence-corrected chi connectivity index (χ4v) is 3.10. The highest BCUT2D eigenvalue weighted by Crippen LogP contribution is 2.26. The lowest BCUT2D eigenvalue weighted by Gasteiger charge is -2.15. The molecule has 124 valence electrons. The van der Waals surface area contributed by atoms with Crippen LogP contribution in [-0.2, 0) is 4.79 Å². The maximum Gasteiger partial charge on any atom is 0.227 e. The zero-order valence-corrected chi connectivity index (χ0v) is 15.9. The second kappa shape index (κ2) is 9.15. The highest BCUT2D eigenvalue weighted by Gasteiger charge is 2.09. The Morgan fingerprint density at radius 2 is 2.04 bits per heavy atom. The second-order valence-corrected chi connectivity index (χ2v) is 7.27. The summed E-state index contributed by atoms with van der Waals surface area (Å²) in [4.78, 5) is 18.7. The number of halogens is 1. The van der Waals surface area contributed by atoms with E-state index in [0.717, 1.165) is 28.8 Å². The third kappa shape index (κ3) is 6.05. The average Bonchev–Trinajstić information content (AvgIpc) is 3.00. The minimum absolute atomic E-state index is 0.0186. The molecule has 1 aromatic heterocycles. The summed E-state index contributed by atoms with van der Waals surface area (Å²) in [5.41, 5.74) is 1.93. The van der Waals surface area contributed by atoms with Gasteiger partial charge < -0.3 is 10.2 Å². The fraction of sp³-hybridized carbons (Fsp3) is 0.412. The van der Waals surface area contributed by atoms with E-state index >= 15 is 0 Å². The van der Waals surface area contributed by atoms with Gasteiger partial charge in [-0.25, -0.2) is 4.98 Å².